The van der Waals surface area contributed by atoms with E-state index in [-0.39, 0.29) is 43.0 Å². The van der Waals surface area contributed by atoms with Gasteiger partial charge in [0.1, 0.15) is 5.82 Å². The quantitative estimate of drug-likeness (QED) is 0.458. The molecule has 10 nitrogen and oxygen atoms in total. The SMILES string of the molecule is Cc1cc(-c2nnc(-c3ccc4cc3C3CC35CCN(CC5)N4S(=O)(=O)CCO)o2)cc(N2CCC(F)(F)CC2)n1. The highest BCUT2D eigenvalue weighted by Crippen LogP contribution is 2.67. The van der Waals surface area contributed by atoms with Gasteiger partial charge in [0.15, 0.2) is 0 Å². The molecule has 1 aliphatic carbocycles. The van der Waals surface area contributed by atoms with Crippen LogP contribution in [0, 0.1) is 12.3 Å². The normalized spacial score (nSPS) is 26.7. The van der Waals surface area contributed by atoms with Gasteiger partial charge in [-0.15, -0.1) is 10.2 Å². The Bertz CT molecular complexity index is 1590. The van der Waals surface area contributed by atoms with Gasteiger partial charge in [0.05, 0.1) is 18.0 Å². The molecule has 13 heteroatoms. The fourth-order valence-electron chi connectivity index (χ4n) is 6.76. The number of halogens is 2. The molecule has 1 atom stereocenters. The number of rotatable bonds is 6. The third-order valence-corrected chi connectivity index (χ3v) is 10.8. The second-order valence-electron chi connectivity index (χ2n) is 11.7. The minimum Gasteiger partial charge on any atom is -0.416 e. The standard InChI is InChI=1S/C28H32F2N6O4S/c1-18-14-19(15-24(31-18)34-8-6-28(29,30)7-9-34)25-32-33-26(40-25)21-3-2-20-16-22(21)23-17-27(23)4-10-35(11-5-27)36(20)41(38,39)13-12-37/h2-3,14-16,23,37H,4-13,17H2,1H3. The van der Waals surface area contributed by atoms with E-state index in [2.05, 4.69) is 15.2 Å². The van der Waals surface area contributed by atoms with Gasteiger partial charge in [-0.1, -0.05) is 0 Å². The van der Waals surface area contributed by atoms with Crippen LogP contribution in [0.2, 0.25) is 0 Å². The molecule has 6 heterocycles. The molecule has 5 aliphatic rings. The van der Waals surface area contributed by atoms with Crippen molar-refractivity contribution in [2.45, 2.75) is 50.9 Å². The van der Waals surface area contributed by atoms with Crippen LogP contribution < -0.4 is 9.31 Å². The first kappa shape index (κ1) is 26.7. The Kier molecular flexibility index (Phi) is 6.15. The molecule has 8 rings (SSSR count). The number of aliphatic hydroxyl groups is 1. The first-order valence-corrected chi connectivity index (χ1v) is 15.7. The number of aliphatic hydroxyl groups excluding tert-OH is 1. The van der Waals surface area contributed by atoms with Crippen molar-refractivity contribution in [3.63, 3.8) is 0 Å². The van der Waals surface area contributed by atoms with Crippen molar-refractivity contribution < 1.29 is 26.7 Å². The predicted molar refractivity (Wildman–Crippen MR) is 148 cm³/mol. The van der Waals surface area contributed by atoms with Crippen molar-refractivity contribution >= 4 is 21.5 Å². The van der Waals surface area contributed by atoms with E-state index in [1.165, 1.54) is 4.41 Å². The zero-order valence-corrected chi connectivity index (χ0v) is 23.6. The minimum absolute atomic E-state index is 0.131. The number of hydrogen-bond acceptors (Lipinski definition) is 9. The maximum Gasteiger partial charge on any atom is 0.251 e. The smallest absolute Gasteiger partial charge is 0.251 e. The van der Waals surface area contributed by atoms with Crippen molar-refractivity contribution in [2.24, 2.45) is 5.41 Å². The van der Waals surface area contributed by atoms with Gasteiger partial charge in [-0.3, -0.25) is 0 Å². The summed E-state index contributed by atoms with van der Waals surface area (Å²) < 4.78 is 61.4. The predicted octanol–water partition coefficient (Wildman–Crippen LogP) is 3.97. The molecule has 0 radical (unpaired) electrons. The second kappa shape index (κ2) is 9.43. The van der Waals surface area contributed by atoms with Gasteiger partial charge in [0.2, 0.25) is 11.8 Å². The largest absolute Gasteiger partial charge is 0.416 e. The first-order valence-electron chi connectivity index (χ1n) is 14.1. The summed E-state index contributed by atoms with van der Waals surface area (Å²) in [6.07, 6.45) is 2.39. The summed E-state index contributed by atoms with van der Waals surface area (Å²) in [6, 6.07) is 9.15. The Hall–Kier alpha value is -3.16. The first-order chi connectivity index (χ1) is 19.6. The summed E-state index contributed by atoms with van der Waals surface area (Å²) in [7, 11) is -3.76. The number of aromatic nitrogens is 3. The van der Waals surface area contributed by atoms with E-state index in [1.54, 1.807) is 12.1 Å². The van der Waals surface area contributed by atoms with Crippen LogP contribution in [-0.2, 0) is 10.0 Å². The number of aryl methyl sites for hydroxylation is 1. The van der Waals surface area contributed by atoms with Gasteiger partial charge < -0.3 is 14.4 Å². The van der Waals surface area contributed by atoms with Gasteiger partial charge in [0.25, 0.3) is 15.9 Å². The molecule has 3 fully saturated rings. The minimum atomic E-state index is -3.76. The molecule has 2 saturated heterocycles. The van der Waals surface area contributed by atoms with Crippen molar-refractivity contribution in [1.82, 2.24) is 20.2 Å². The molecule has 4 bridgehead atoms. The molecule has 218 valence electrons. The van der Waals surface area contributed by atoms with Crippen molar-refractivity contribution in [1.29, 1.82) is 0 Å². The Morgan fingerprint density at radius 2 is 1.76 bits per heavy atom. The molecule has 0 amide bonds. The second-order valence-corrected chi connectivity index (χ2v) is 13.7. The molecule has 41 heavy (non-hydrogen) atoms. The van der Waals surface area contributed by atoms with Crippen LogP contribution in [0.25, 0.3) is 22.9 Å². The molecule has 1 unspecified atom stereocenters. The highest BCUT2D eigenvalue weighted by Gasteiger charge is 2.57. The van der Waals surface area contributed by atoms with E-state index in [1.807, 2.05) is 35.0 Å². The number of nitrogens with zero attached hydrogens (tertiary/aromatic N) is 6. The lowest BCUT2D eigenvalue weighted by molar-refractivity contribution is -0.0221. The highest BCUT2D eigenvalue weighted by molar-refractivity contribution is 7.92. The lowest BCUT2D eigenvalue weighted by Crippen LogP contribution is -2.51. The number of piperidine rings is 2. The number of benzene rings is 1. The zero-order valence-electron chi connectivity index (χ0n) is 22.8. The molecular formula is C28H32F2N6O4S. The molecular weight excluding hydrogens is 554 g/mol. The van der Waals surface area contributed by atoms with E-state index in [4.69, 9.17) is 4.42 Å². The lowest BCUT2D eigenvalue weighted by Gasteiger charge is -2.39. The van der Waals surface area contributed by atoms with Gasteiger partial charge in [-0.25, -0.2) is 27.2 Å². The van der Waals surface area contributed by atoms with E-state index in [9.17, 15) is 22.3 Å². The van der Waals surface area contributed by atoms with Crippen LogP contribution in [0.5, 0.6) is 0 Å². The van der Waals surface area contributed by atoms with Crippen molar-refractivity contribution in [3.8, 4) is 22.9 Å². The molecule has 1 N–H and O–H groups in total. The Labute approximate surface area is 237 Å². The summed E-state index contributed by atoms with van der Waals surface area (Å²) in [5.41, 5.74) is 3.82. The molecule has 4 aliphatic heterocycles. The summed E-state index contributed by atoms with van der Waals surface area (Å²) in [5, 5.41) is 20.0. The van der Waals surface area contributed by atoms with Gasteiger partial charge >= 0.3 is 0 Å². The molecule has 1 spiro atoms. The van der Waals surface area contributed by atoms with Gasteiger partial charge in [0, 0.05) is 55.8 Å². The van der Waals surface area contributed by atoms with E-state index in [0.717, 1.165) is 30.4 Å². The number of hydrazine groups is 1. The topological polar surface area (TPSA) is 116 Å². The van der Waals surface area contributed by atoms with Gasteiger partial charge in [-0.2, -0.15) is 4.41 Å². The number of hydrogen-bond donors (Lipinski definition) is 1. The van der Waals surface area contributed by atoms with Crippen LogP contribution in [0.15, 0.2) is 34.7 Å². The Balaban J connectivity index is 1.24. The Morgan fingerprint density at radius 1 is 1.02 bits per heavy atom. The third-order valence-electron chi connectivity index (χ3n) is 9.09. The number of pyridine rings is 1. The average molecular weight is 587 g/mol. The summed E-state index contributed by atoms with van der Waals surface area (Å²) in [6.45, 7) is 3.11. The van der Waals surface area contributed by atoms with E-state index < -0.39 is 22.6 Å². The molecule has 3 aromatic rings. The van der Waals surface area contributed by atoms with Crippen molar-refractivity contribution in [3.05, 3.63) is 41.6 Å². The average Bonchev–Trinajstić information content (AvgIpc) is 3.37. The summed E-state index contributed by atoms with van der Waals surface area (Å²) >= 11 is 0. The maximum atomic E-state index is 13.7. The van der Waals surface area contributed by atoms with Crippen molar-refractivity contribution in [2.75, 3.05) is 47.9 Å². The zero-order chi connectivity index (χ0) is 28.6. The van der Waals surface area contributed by atoms with Crippen LogP contribution >= 0.6 is 0 Å². The number of sulfonamides is 1. The summed E-state index contributed by atoms with van der Waals surface area (Å²) in [5.74, 6) is -1.48. The van der Waals surface area contributed by atoms with Crippen LogP contribution in [-0.4, -0.2) is 78.2 Å². The fourth-order valence-corrected chi connectivity index (χ4v) is 8.12. The highest BCUT2D eigenvalue weighted by atomic mass is 32.2. The monoisotopic (exact) mass is 586 g/mol. The van der Waals surface area contributed by atoms with Crippen LogP contribution in [0.1, 0.15) is 49.3 Å². The lowest BCUT2D eigenvalue weighted by atomic mass is 9.88. The number of alkyl halides is 2. The van der Waals surface area contributed by atoms with E-state index >= 15 is 0 Å². The summed E-state index contributed by atoms with van der Waals surface area (Å²) in [4.78, 5) is 6.42. The maximum absolute atomic E-state index is 13.7. The third kappa shape index (κ3) is 4.67. The van der Waals surface area contributed by atoms with Crippen LogP contribution in [0.3, 0.4) is 0 Å². The molecule has 2 aromatic heterocycles. The van der Waals surface area contributed by atoms with Crippen LogP contribution in [0.4, 0.5) is 20.3 Å². The molecule has 1 saturated carbocycles. The fraction of sp³-hybridized carbons (Fsp3) is 0.536. The number of anilines is 2. The van der Waals surface area contributed by atoms with E-state index in [0.29, 0.717) is 47.6 Å². The molecule has 1 aromatic carbocycles. The number of fused-ring (bicyclic) bond motifs is 2. The van der Waals surface area contributed by atoms with Gasteiger partial charge in [-0.05, 0) is 73.4 Å². The Morgan fingerprint density at radius 3 is 2.49 bits per heavy atom.